The molecule has 0 amide bonds. The lowest BCUT2D eigenvalue weighted by molar-refractivity contribution is -0.134. The number of aliphatic hydroxyl groups excluding tert-OH is 2. The fourth-order valence-electron chi connectivity index (χ4n) is 0.300. The predicted molar refractivity (Wildman–Crippen MR) is 71.1 cm³/mol. The molecule has 0 spiro atoms. The van der Waals surface area contributed by atoms with Crippen molar-refractivity contribution in [1.82, 2.24) is 0 Å². The van der Waals surface area contributed by atoms with Gasteiger partial charge >= 0.3 is 11.9 Å². The van der Waals surface area contributed by atoms with Gasteiger partial charge in [-0.25, -0.2) is 0 Å². The van der Waals surface area contributed by atoms with Crippen molar-refractivity contribution in [3.05, 3.63) is 11.8 Å². The molecule has 0 heterocycles. The van der Waals surface area contributed by atoms with Crippen LogP contribution in [-0.4, -0.2) is 50.5 Å². The van der Waals surface area contributed by atoms with E-state index in [-0.39, 0.29) is 23.9 Å². The molecule has 0 aromatic rings. The Morgan fingerprint density at radius 2 is 1.35 bits per heavy atom. The van der Waals surface area contributed by atoms with Crippen LogP contribution in [0.4, 0.5) is 0 Å². The summed E-state index contributed by atoms with van der Waals surface area (Å²) in [6.07, 6.45) is 2.34. The van der Waals surface area contributed by atoms with Crippen LogP contribution in [0, 0.1) is 0 Å². The Morgan fingerprint density at radius 3 is 1.41 bits per heavy atom. The first-order chi connectivity index (χ1) is 7.85. The summed E-state index contributed by atoms with van der Waals surface area (Å²) in [5.41, 5.74) is 0. The molecule has 0 saturated heterocycles. The number of thiol groups is 2. The van der Waals surface area contributed by atoms with Crippen LogP contribution >= 0.6 is 25.3 Å². The normalized spacial score (nSPS) is 9.29. The van der Waals surface area contributed by atoms with E-state index in [4.69, 9.17) is 20.4 Å². The van der Waals surface area contributed by atoms with Crippen LogP contribution in [0.15, 0.2) is 11.8 Å². The minimum absolute atomic E-state index is 0.0579. The molecule has 4 N–H and O–H groups in total. The quantitative estimate of drug-likeness (QED) is 0.337. The van der Waals surface area contributed by atoms with Gasteiger partial charge in [0.1, 0.15) is 5.76 Å². The number of carboxylic acids is 2. The van der Waals surface area contributed by atoms with Crippen LogP contribution in [0.25, 0.3) is 0 Å². The van der Waals surface area contributed by atoms with E-state index in [1.54, 1.807) is 6.08 Å². The van der Waals surface area contributed by atoms with Crippen LogP contribution in [0.2, 0.25) is 0 Å². The minimum atomic E-state index is -0.881. The molecular weight excluding hydrogens is 268 g/mol. The number of carbonyl (C=O) groups is 2. The van der Waals surface area contributed by atoms with Crippen molar-refractivity contribution >= 4 is 37.2 Å². The van der Waals surface area contributed by atoms with Crippen molar-refractivity contribution in [2.45, 2.75) is 13.3 Å². The molecule has 0 aromatic carbocycles. The molecule has 0 atom stereocenters. The van der Waals surface area contributed by atoms with Crippen LogP contribution in [-0.2, 0) is 9.59 Å². The molecule has 0 bridgehead atoms. The summed E-state index contributed by atoms with van der Waals surface area (Å²) in [5.74, 6) is -1.87. The van der Waals surface area contributed by atoms with Crippen LogP contribution in [0.5, 0.6) is 0 Å². The molecule has 0 radical (unpaired) electrons. The molecule has 0 aliphatic heterocycles. The van der Waals surface area contributed by atoms with Crippen LogP contribution in [0.3, 0.4) is 0 Å². The van der Waals surface area contributed by atoms with E-state index in [1.807, 2.05) is 6.92 Å². The molecule has 0 unspecified atom stereocenters. The lowest BCUT2D eigenvalue weighted by atomic mass is 10.4. The van der Waals surface area contributed by atoms with E-state index >= 15 is 0 Å². The molecule has 102 valence electrons. The summed E-state index contributed by atoms with van der Waals surface area (Å²) < 4.78 is 0. The van der Waals surface area contributed by atoms with Crippen molar-refractivity contribution in [2.24, 2.45) is 0 Å². The van der Waals surface area contributed by atoms with E-state index in [9.17, 15) is 9.59 Å². The highest BCUT2D eigenvalue weighted by Gasteiger charge is 1.82. The number of rotatable bonds is 4. The number of hydrogen-bond donors (Lipinski definition) is 6. The van der Waals surface area contributed by atoms with Gasteiger partial charge in [0, 0.05) is 0 Å². The second-order valence-electron chi connectivity index (χ2n) is 2.37. The van der Waals surface area contributed by atoms with Crippen molar-refractivity contribution in [1.29, 1.82) is 0 Å². The molecule has 0 aromatic heterocycles. The standard InChI is InChI=1S/C5H10O2.2C2H4O2S/c1-2-3-5(7)4-6;2*3-2(4)1-5/h3,6-7H,2,4H2,1H3;2*5H,1H2,(H,3,4). The predicted octanol–water partition coefficient (Wildman–Crippen LogP) is 0.832. The molecule has 0 aliphatic rings. The third kappa shape index (κ3) is 39.5. The molecule has 0 aliphatic carbocycles. The monoisotopic (exact) mass is 286 g/mol. The number of hydrogen-bond acceptors (Lipinski definition) is 6. The number of carboxylic acid groups (broad SMARTS) is 2. The maximum absolute atomic E-state index is 9.29. The van der Waals surface area contributed by atoms with Gasteiger partial charge in [-0.2, -0.15) is 25.3 Å². The van der Waals surface area contributed by atoms with E-state index in [0.717, 1.165) is 6.42 Å². The van der Waals surface area contributed by atoms with Crippen molar-refractivity contribution < 1.29 is 30.0 Å². The average Bonchev–Trinajstić information content (AvgIpc) is 2.30. The van der Waals surface area contributed by atoms with Crippen molar-refractivity contribution in [3.63, 3.8) is 0 Å². The molecule has 17 heavy (non-hydrogen) atoms. The van der Waals surface area contributed by atoms with E-state index in [1.165, 1.54) is 0 Å². The Balaban J connectivity index is -0.000000177. The minimum Gasteiger partial charge on any atom is -0.510 e. The van der Waals surface area contributed by atoms with Crippen LogP contribution < -0.4 is 0 Å². The van der Waals surface area contributed by atoms with Gasteiger partial charge in [-0.1, -0.05) is 6.92 Å². The molecule has 0 saturated carbocycles. The summed E-state index contributed by atoms with van der Waals surface area (Å²) in [5, 5.41) is 31.9. The zero-order valence-electron chi connectivity index (χ0n) is 9.41. The first-order valence-corrected chi connectivity index (χ1v) is 5.76. The maximum atomic E-state index is 9.29. The highest BCUT2D eigenvalue weighted by Crippen LogP contribution is 1.86. The van der Waals surface area contributed by atoms with Gasteiger partial charge in [0.05, 0.1) is 18.1 Å². The third-order valence-electron chi connectivity index (χ3n) is 0.872. The first kappa shape index (κ1) is 21.4. The van der Waals surface area contributed by atoms with Crippen molar-refractivity contribution in [2.75, 3.05) is 18.1 Å². The zero-order chi connectivity index (χ0) is 14.3. The fraction of sp³-hybridized carbons (Fsp3) is 0.556. The Labute approximate surface area is 111 Å². The average molecular weight is 286 g/mol. The summed E-state index contributed by atoms with van der Waals surface area (Å²) in [7, 11) is 0. The van der Waals surface area contributed by atoms with Gasteiger partial charge in [-0.15, -0.1) is 0 Å². The van der Waals surface area contributed by atoms with Gasteiger partial charge in [0.2, 0.25) is 0 Å². The lowest BCUT2D eigenvalue weighted by Crippen LogP contribution is -1.92. The van der Waals surface area contributed by atoms with Gasteiger partial charge in [-0.3, -0.25) is 9.59 Å². The lowest BCUT2D eigenvalue weighted by Gasteiger charge is -1.87. The molecule has 0 rings (SSSR count). The number of allylic oxidation sites excluding steroid dienone is 1. The highest BCUT2D eigenvalue weighted by molar-refractivity contribution is 7.81. The van der Waals surface area contributed by atoms with Crippen molar-refractivity contribution in [3.8, 4) is 0 Å². The summed E-state index contributed by atoms with van der Waals surface area (Å²) >= 11 is 6.83. The largest absolute Gasteiger partial charge is 0.510 e. The summed E-state index contributed by atoms with van der Waals surface area (Å²) in [6.45, 7) is 1.65. The second kappa shape index (κ2) is 17.5. The van der Waals surface area contributed by atoms with Gasteiger partial charge in [0.15, 0.2) is 0 Å². The van der Waals surface area contributed by atoms with E-state index < -0.39 is 11.9 Å². The molecule has 6 nitrogen and oxygen atoms in total. The highest BCUT2D eigenvalue weighted by atomic mass is 32.1. The topological polar surface area (TPSA) is 115 Å². The second-order valence-corrected chi connectivity index (χ2v) is 3.00. The fourth-order valence-corrected chi connectivity index (χ4v) is 0.300. The number of aliphatic carboxylic acids is 2. The first-order valence-electron chi connectivity index (χ1n) is 4.49. The smallest absolute Gasteiger partial charge is 0.313 e. The number of aliphatic hydroxyl groups is 2. The summed E-state index contributed by atoms with van der Waals surface area (Å²) in [4.78, 5) is 18.6. The SMILES string of the molecule is CCC=C(O)CO.O=C(O)CS.O=C(O)CS. The Morgan fingerprint density at radius 1 is 1.06 bits per heavy atom. The van der Waals surface area contributed by atoms with Gasteiger partial charge in [-0.05, 0) is 12.5 Å². The Kier molecular flexibility index (Phi) is 22.1. The maximum Gasteiger partial charge on any atom is 0.313 e. The van der Waals surface area contributed by atoms with Gasteiger partial charge in [0.25, 0.3) is 0 Å². The Hall–Kier alpha value is -0.860. The van der Waals surface area contributed by atoms with Gasteiger partial charge < -0.3 is 20.4 Å². The zero-order valence-corrected chi connectivity index (χ0v) is 11.2. The van der Waals surface area contributed by atoms with E-state index in [0.29, 0.717) is 0 Å². The molecular formula is C9H18O6S2. The Bertz CT molecular complexity index is 216. The van der Waals surface area contributed by atoms with Crippen LogP contribution in [0.1, 0.15) is 13.3 Å². The molecule has 0 fully saturated rings. The molecule has 8 heteroatoms. The third-order valence-corrected chi connectivity index (χ3v) is 1.41. The van der Waals surface area contributed by atoms with E-state index in [2.05, 4.69) is 25.3 Å². The summed E-state index contributed by atoms with van der Waals surface area (Å²) in [6, 6.07) is 0.